The van der Waals surface area contributed by atoms with Crippen LogP contribution < -0.4 is 10.6 Å². The number of halogens is 1. The van der Waals surface area contributed by atoms with Crippen molar-refractivity contribution >= 4 is 17.5 Å². The van der Waals surface area contributed by atoms with Crippen LogP contribution in [0.15, 0.2) is 48.5 Å². The Morgan fingerprint density at radius 3 is 2.61 bits per heavy atom. The summed E-state index contributed by atoms with van der Waals surface area (Å²) in [5.41, 5.74) is 4.17. The van der Waals surface area contributed by atoms with Crippen LogP contribution in [0.5, 0.6) is 0 Å². The van der Waals surface area contributed by atoms with Crippen LogP contribution in [-0.2, 0) is 24.2 Å². The summed E-state index contributed by atoms with van der Waals surface area (Å²) in [5.74, 6) is -0.644. The maximum Gasteiger partial charge on any atom is 0.272 e. The quantitative estimate of drug-likeness (QED) is 0.602. The molecule has 2 N–H and O–H groups in total. The van der Waals surface area contributed by atoms with E-state index in [0.29, 0.717) is 24.3 Å². The monoisotopic (exact) mass is 420 g/mol. The number of carbonyl (C=O) groups excluding carboxylic acids is 2. The average Bonchev–Trinajstić information content (AvgIpc) is 3.37. The Balaban J connectivity index is 1.46. The smallest absolute Gasteiger partial charge is 0.272 e. The van der Waals surface area contributed by atoms with E-state index < -0.39 is 0 Å². The third kappa shape index (κ3) is 4.50. The molecule has 0 radical (unpaired) electrons. The Bertz CT molecular complexity index is 1110. The maximum atomic E-state index is 14.3. The molecule has 1 aliphatic rings. The summed E-state index contributed by atoms with van der Waals surface area (Å²) in [4.78, 5) is 24.5. The highest BCUT2D eigenvalue weighted by Crippen LogP contribution is 2.28. The second kappa shape index (κ2) is 9.12. The van der Waals surface area contributed by atoms with Crippen LogP contribution in [0.25, 0.3) is 5.69 Å². The van der Waals surface area contributed by atoms with Crippen LogP contribution in [0.3, 0.4) is 0 Å². The van der Waals surface area contributed by atoms with E-state index in [1.165, 1.54) is 6.07 Å². The van der Waals surface area contributed by atoms with Gasteiger partial charge < -0.3 is 10.6 Å². The molecule has 0 bridgehead atoms. The lowest BCUT2D eigenvalue weighted by molar-refractivity contribution is -0.116. The molecule has 2 amide bonds. The Hall–Kier alpha value is -3.48. The van der Waals surface area contributed by atoms with E-state index in [1.54, 1.807) is 22.9 Å². The van der Waals surface area contributed by atoms with Crippen molar-refractivity contribution in [3.05, 3.63) is 76.9 Å². The average molecular weight is 420 g/mol. The highest BCUT2D eigenvalue weighted by molar-refractivity contribution is 5.94. The van der Waals surface area contributed by atoms with Crippen LogP contribution in [0.2, 0.25) is 0 Å². The van der Waals surface area contributed by atoms with Gasteiger partial charge in [-0.25, -0.2) is 9.07 Å². The molecule has 1 aliphatic carbocycles. The molecule has 31 heavy (non-hydrogen) atoms. The lowest BCUT2D eigenvalue weighted by atomic mass is 10.1. The molecule has 3 aromatic rings. The minimum Gasteiger partial charge on any atom is -0.347 e. The Morgan fingerprint density at radius 1 is 1.10 bits per heavy atom. The van der Waals surface area contributed by atoms with Crippen LogP contribution in [-0.4, -0.2) is 21.6 Å². The van der Waals surface area contributed by atoms with Gasteiger partial charge in [0.1, 0.15) is 11.5 Å². The van der Waals surface area contributed by atoms with Gasteiger partial charge in [0.2, 0.25) is 5.91 Å². The fourth-order valence-electron chi connectivity index (χ4n) is 3.87. The summed E-state index contributed by atoms with van der Waals surface area (Å²) < 4.78 is 15.9. The molecule has 0 spiro atoms. The first-order chi connectivity index (χ1) is 15.1. The molecule has 0 saturated carbocycles. The van der Waals surface area contributed by atoms with E-state index in [9.17, 15) is 14.0 Å². The molecule has 0 unspecified atom stereocenters. The number of benzene rings is 2. The summed E-state index contributed by atoms with van der Waals surface area (Å²) in [5, 5.41) is 10.2. The van der Waals surface area contributed by atoms with Gasteiger partial charge in [0.15, 0.2) is 5.69 Å². The van der Waals surface area contributed by atoms with Crippen molar-refractivity contribution in [2.45, 2.75) is 45.6 Å². The maximum absolute atomic E-state index is 14.3. The highest BCUT2D eigenvalue weighted by atomic mass is 19.1. The van der Waals surface area contributed by atoms with Crippen molar-refractivity contribution < 1.29 is 14.0 Å². The molecule has 0 fully saturated rings. The van der Waals surface area contributed by atoms with Crippen molar-refractivity contribution in [1.29, 1.82) is 0 Å². The normalized spacial score (nSPS) is 12.5. The van der Waals surface area contributed by atoms with E-state index in [1.807, 2.05) is 31.2 Å². The van der Waals surface area contributed by atoms with Gasteiger partial charge in [0.25, 0.3) is 5.91 Å². The van der Waals surface area contributed by atoms with Gasteiger partial charge >= 0.3 is 0 Å². The SMILES string of the molecule is CCCC(=O)Nc1ccc(CNC(=O)c2nn(-c3ccccc3F)c3c2CCC3)cc1. The predicted molar refractivity (Wildman–Crippen MR) is 117 cm³/mol. The number of anilines is 1. The van der Waals surface area contributed by atoms with Gasteiger partial charge in [-0.2, -0.15) is 5.10 Å². The number of aromatic nitrogens is 2. The van der Waals surface area contributed by atoms with E-state index in [2.05, 4.69) is 15.7 Å². The third-order valence-electron chi connectivity index (χ3n) is 5.39. The first kappa shape index (κ1) is 20.8. The Kier molecular flexibility index (Phi) is 6.11. The van der Waals surface area contributed by atoms with E-state index in [-0.39, 0.29) is 17.6 Å². The van der Waals surface area contributed by atoms with Crippen molar-refractivity contribution in [3.8, 4) is 5.69 Å². The standard InChI is InChI=1S/C24H25FN4O2/c1-2-6-22(30)27-17-13-11-16(12-14-17)15-26-24(31)23-18-7-5-10-20(18)29(28-23)21-9-4-3-8-19(21)25/h3-4,8-9,11-14H,2,5-7,10,15H2,1H3,(H,26,31)(H,27,30). The lowest BCUT2D eigenvalue weighted by Crippen LogP contribution is -2.24. The molecule has 6 nitrogen and oxygen atoms in total. The number of carbonyl (C=O) groups is 2. The van der Waals surface area contributed by atoms with Gasteiger partial charge in [-0.1, -0.05) is 31.2 Å². The van der Waals surface area contributed by atoms with Crippen LogP contribution >= 0.6 is 0 Å². The second-order valence-electron chi connectivity index (χ2n) is 7.67. The number of rotatable bonds is 7. The minimum atomic E-state index is -0.363. The van der Waals surface area contributed by atoms with Gasteiger partial charge in [-0.15, -0.1) is 0 Å². The molecule has 7 heteroatoms. The summed E-state index contributed by atoms with van der Waals surface area (Å²) in [6, 6.07) is 13.8. The van der Waals surface area contributed by atoms with Crippen LogP contribution in [0, 0.1) is 5.82 Å². The summed E-state index contributed by atoms with van der Waals surface area (Å²) in [6.07, 6.45) is 3.75. The number of nitrogens with one attached hydrogen (secondary N) is 2. The second-order valence-corrected chi connectivity index (χ2v) is 7.67. The van der Waals surface area contributed by atoms with E-state index in [0.717, 1.165) is 48.2 Å². The first-order valence-electron chi connectivity index (χ1n) is 10.6. The number of hydrogen-bond acceptors (Lipinski definition) is 3. The van der Waals surface area contributed by atoms with Gasteiger partial charge in [-0.3, -0.25) is 9.59 Å². The molecule has 0 aliphatic heterocycles. The molecule has 1 heterocycles. The fourth-order valence-corrected chi connectivity index (χ4v) is 3.87. The van der Waals surface area contributed by atoms with Crippen LogP contribution in [0.1, 0.15) is 53.5 Å². The highest BCUT2D eigenvalue weighted by Gasteiger charge is 2.27. The molecule has 160 valence electrons. The molecule has 0 atom stereocenters. The molecule has 4 rings (SSSR count). The molecule has 2 aromatic carbocycles. The largest absolute Gasteiger partial charge is 0.347 e. The van der Waals surface area contributed by atoms with E-state index in [4.69, 9.17) is 0 Å². The number of fused-ring (bicyclic) bond motifs is 1. The number of hydrogen-bond donors (Lipinski definition) is 2. The van der Waals surface area contributed by atoms with Crippen molar-refractivity contribution in [3.63, 3.8) is 0 Å². The first-order valence-corrected chi connectivity index (χ1v) is 10.6. The van der Waals surface area contributed by atoms with Gasteiger partial charge in [0, 0.05) is 29.9 Å². The number of amides is 2. The number of para-hydroxylation sites is 1. The van der Waals surface area contributed by atoms with Crippen molar-refractivity contribution in [1.82, 2.24) is 15.1 Å². The zero-order chi connectivity index (χ0) is 21.8. The van der Waals surface area contributed by atoms with Gasteiger partial charge in [0.05, 0.1) is 0 Å². The van der Waals surface area contributed by atoms with Crippen molar-refractivity contribution in [2.75, 3.05) is 5.32 Å². The zero-order valence-corrected chi connectivity index (χ0v) is 17.5. The number of nitrogens with zero attached hydrogens (tertiary/aromatic N) is 2. The van der Waals surface area contributed by atoms with Crippen LogP contribution in [0.4, 0.5) is 10.1 Å². The minimum absolute atomic E-state index is 0.0113. The summed E-state index contributed by atoms with van der Waals surface area (Å²) in [6.45, 7) is 2.30. The lowest BCUT2D eigenvalue weighted by Gasteiger charge is -2.08. The molecular weight excluding hydrogens is 395 g/mol. The van der Waals surface area contributed by atoms with E-state index >= 15 is 0 Å². The van der Waals surface area contributed by atoms with Crippen molar-refractivity contribution in [2.24, 2.45) is 0 Å². The zero-order valence-electron chi connectivity index (χ0n) is 17.5. The molecule has 1 aromatic heterocycles. The topological polar surface area (TPSA) is 76.0 Å². The van der Waals surface area contributed by atoms with Gasteiger partial charge in [-0.05, 0) is 55.5 Å². The Morgan fingerprint density at radius 2 is 1.87 bits per heavy atom. The third-order valence-corrected chi connectivity index (χ3v) is 5.39. The molecule has 0 saturated heterocycles. The summed E-state index contributed by atoms with van der Waals surface area (Å²) in [7, 11) is 0. The Labute approximate surface area is 180 Å². The molecular formula is C24H25FN4O2. The predicted octanol–water partition coefficient (Wildman–Crippen LogP) is 4.17. The fraction of sp³-hybridized carbons (Fsp3) is 0.292. The summed E-state index contributed by atoms with van der Waals surface area (Å²) >= 11 is 0.